The van der Waals surface area contributed by atoms with Crippen molar-refractivity contribution in [2.45, 2.75) is 25.9 Å². The van der Waals surface area contributed by atoms with Crippen molar-refractivity contribution in [1.82, 2.24) is 10.2 Å². The van der Waals surface area contributed by atoms with Gasteiger partial charge in [-0.05, 0) is 32.5 Å². The fourth-order valence-corrected chi connectivity index (χ4v) is 2.26. The molecule has 1 amide bonds. The number of likely N-dealkylation sites (N-methyl/N-ethyl adjacent to an activating group) is 1. The molecule has 4 nitrogen and oxygen atoms in total. The van der Waals surface area contributed by atoms with Crippen molar-refractivity contribution in [3.8, 4) is 0 Å². The minimum atomic E-state index is -0.0633. The first-order valence-electron chi connectivity index (χ1n) is 6.39. The number of nitrogens with one attached hydrogen (secondary N) is 1. The van der Waals surface area contributed by atoms with Gasteiger partial charge in [-0.1, -0.05) is 29.8 Å². The van der Waals surface area contributed by atoms with E-state index in [-0.39, 0.29) is 18.0 Å². The molecular weight excluding hydrogens is 262 g/mol. The molecule has 5 heteroatoms. The molecular formula is C14H22ClN3O. The van der Waals surface area contributed by atoms with Crippen LogP contribution in [0, 0.1) is 0 Å². The lowest BCUT2D eigenvalue weighted by Gasteiger charge is -2.27. The summed E-state index contributed by atoms with van der Waals surface area (Å²) in [7, 11) is 1.88. The molecule has 19 heavy (non-hydrogen) atoms. The minimum Gasteiger partial charge on any atom is -0.353 e. The summed E-state index contributed by atoms with van der Waals surface area (Å²) < 4.78 is 0. The molecule has 3 N–H and O–H groups in total. The topological polar surface area (TPSA) is 58.4 Å². The van der Waals surface area contributed by atoms with Crippen LogP contribution in [0.1, 0.15) is 25.5 Å². The molecule has 0 heterocycles. The number of carbonyl (C=O) groups excluding carboxylic acids is 1. The number of hydrogen-bond donors (Lipinski definition) is 2. The number of benzene rings is 1. The zero-order valence-corrected chi connectivity index (χ0v) is 12.4. The Morgan fingerprint density at radius 2 is 2.05 bits per heavy atom. The van der Waals surface area contributed by atoms with E-state index in [1.807, 2.05) is 50.1 Å². The Labute approximate surface area is 119 Å². The Morgan fingerprint density at radius 3 is 2.58 bits per heavy atom. The number of nitrogens with zero attached hydrogens (tertiary/aromatic N) is 1. The summed E-state index contributed by atoms with van der Waals surface area (Å²) in [4.78, 5) is 13.7. The molecule has 1 unspecified atom stereocenters. The van der Waals surface area contributed by atoms with Gasteiger partial charge in [0.25, 0.3) is 0 Å². The van der Waals surface area contributed by atoms with Crippen molar-refractivity contribution in [2.24, 2.45) is 5.73 Å². The smallest absolute Gasteiger partial charge is 0.234 e. The molecule has 0 saturated heterocycles. The van der Waals surface area contributed by atoms with Gasteiger partial charge in [-0.25, -0.2) is 0 Å². The molecule has 106 valence electrons. The number of nitrogens with two attached hydrogens (primary N) is 1. The molecule has 0 aromatic heterocycles. The molecule has 0 spiro atoms. The van der Waals surface area contributed by atoms with Crippen LogP contribution in [0.2, 0.25) is 5.02 Å². The van der Waals surface area contributed by atoms with Crippen LogP contribution in [0.5, 0.6) is 0 Å². The van der Waals surface area contributed by atoms with Gasteiger partial charge in [-0.15, -0.1) is 0 Å². The average molecular weight is 284 g/mol. The van der Waals surface area contributed by atoms with Gasteiger partial charge in [-0.2, -0.15) is 0 Å². The van der Waals surface area contributed by atoms with Gasteiger partial charge >= 0.3 is 0 Å². The highest BCUT2D eigenvalue weighted by Gasteiger charge is 2.20. The third-order valence-electron chi connectivity index (χ3n) is 2.86. The first kappa shape index (κ1) is 16.0. The predicted octanol–water partition coefficient (Wildman–Crippen LogP) is 1.80. The third-order valence-corrected chi connectivity index (χ3v) is 3.21. The molecule has 0 radical (unpaired) electrons. The molecule has 0 aliphatic carbocycles. The summed E-state index contributed by atoms with van der Waals surface area (Å²) in [5.41, 5.74) is 6.77. The summed E-state index contributed by atoms with van der Waals surface area (Å²) in [6.45, 7) is 4.58. The van der Waals surface area contributed by atoms with Crippen LogP contribution in [0.25, 0.3) is 0 Å². The fourth-order valence-electron chi connectivity index (χ4n) is 1.99. The van der Waals surface area contributed by atoms with Gasteiger partial charge in [0.1, 0.15) is 0 Å². The number of amides is 1. The number of carbonyl (C=O) groups is 1. The molecule has 0 saturated carbocycles. The lowest BCUT2D eigenvalue weighted by atomic mass is 10.1. The Bertz CT molecular complexity index is 423. The van der Waals surface area contributed by atoms with Crippen LogP contribution in [0.3, 0.4) is 0 Å². The highest BCUT2D eigenvalue weighted by Crippen LogP contribution is 2.25. The normalized spacial score (nSPS) is 12.8. The molecule has 0 aliphatic heterocycles. The Hall–Kier alpha value is -1.10. The van der Waals surface area contributed by atoms with E-state index in [2.05, 4.69) is 5.32 Å². The number of halogens is 1. The molecule has 0 bridgehead atoms. The van der Waals surface area contributed by atoms with E-state index < -0.39 is 0 Å². The van der Waals surface area contributed by atoms with Crippen molar-refractivity contribution in [2.75, 3.05) is 20.1 Å². The summed E-state index contributed by atoms with van der Waals surface area (Å²) in [5.74, 6) is -0.0111. The first-order valence-corrected chi connectivity index (χ1v) is 6.77. The lowest BCUT2D eigenvalue weighted by molar-refractivity contribution is -0.122. The predicted molar refractivity (Wildman–Crippen MR) is 79.2 cm³/mol. The fraction of sp³-hybridized carbons (Fsp3) is 0.500. The first-order chi connectivity index (χ1) is 8.95. The van der Waals surface area contributed by atoms with Gasteiger partial charge in [0, 0.05) is 23.7 Å². The van der Waals surface area contributed by atoms with Gasteiger partial charge in [0.2, 0.25) is 5.91 Å². The van der Waals surface area contributed by atoms with Crippen molar-refractivity contribution in [3.05, 3.63) is 34.9 Å². The molecule has 1 rings (SSSR count). The van der Waals surface area contributed by atoms with Gasteiger partial charge in [0.05, 0.1) is 6.54 Å². The summed E-state index contributed by atoms with van der Waals surface area (Å²) in [6, 6.07) is 7.65. The number of hydrogen-bond acceptors (Lipinski definition) is 3. The summed E-state index contributed by atoms with van der Waals surface area (Å²) in [6.07, 6.45) is 0. The Morgan fingerprint density at radius 1 is 1.42 bits per heavy atom. The van der Waals surface area contributed by atoms with Crippen molar-refractivity contribution >= 4 is 17.5 Å². The average Bonchev–Trinajstić information content (AvgIpc) is 2.31. The Balaban J connectivity index is 2.75. The molecule has 1 aromatic carbocycles. The van der Waals surface area contributed by atoms with Gasteiger partial charge in [0.15, 0.2) is 0 Å². The highest BCUT2D eigenvalue weighted by atomic mass is 35.5. The maximum absolute atomic E-state index is 11.8. The zero-order chi connectivity index (χ0) is 14.4. The van der Waals surface area contributed by atoms with E-state index in [4.69, 9.17) is 17.3 Å². The zero-order valence-electron chi connectivity index (χ0n) is 11.7. The van der Waals surface area contributed by atoms with E-state index in [0.29, 0.717) is 18.1 Å². The van der Waals surface area contributed by atoms with Crippen molar-refractivity contribution in [1.29, 1.82) is 0 Å². The van der Waals surface area contributed by atoms with E-state index >= 15 is 0 Å². The molecule has 1 aromatic rings. The maximum Gasteiger partial charge on any atom is 0.234 e. The van der Waals surface area contributed by atoms with Crippen LogP contribution in [0.4, 0.5) is 0 Å². The Kier molecular flexibility index (Phi) is 6.28. The third kappa shape index (κ3) is 4.82. The van der Waals surface area contributed by atoms with E-state index in [9.17, 15) is 4.79 Å². The van der Waals surface area contributed by atoms with Crippen LogP contribution >= 0.6 is 11.6 Å². The quantitative estimate of drug-likeness (QED) is 0.837. The van der Waals surface area contributed by atoms with E-state index in [0.717, 1.165) is 5.56 Å². The van der Waals surface area contributed by atoms with Crippen molar-refractivity contribution in [3.63, 3.8) is 0 Å². The van der Waals surface area contributed by atoms with Crippen LogP contribution in [-0.2, 0) is 4.79 Å². The van der Waals surface area contributed by atoms with E-state index in [1.54, 1.807) is 0 Å². The highest BCUT2D eigenvalue weighted by molar-refractivity contribution is 6.31. The van der Waals surface area contributed by atoms with Gasteiger partial charge in [-0.3, -0.25) is 9.69 Å². The van der Waals surface area contributed by atoms with Crippen molar-refractivity contribution < 1.29 is 4.79 Å². The monoisotopic (exact) mass is 283 g/mol. The molecule has 1 atom stereocenters. The minimum absolute atomic E-state index is 0.0111. The van der Waals surface area contributed by atoms with Gasteiger partial charge < -0.3 is 11.1 Å². The second-order valence-corrected chi connectivity index (χ2v) is 5.32. The van der Waals surface area contributed by atoms with E-state index in [1.165, 1.54) is 0 Å². The molecule has 0 aliphatic rings. The maximum atomic E-state index is 11.8. The molecule has 0 fully saturated rings. The summed E-state index contributed by atoms with van der Waals surface area (Å²) in [5, 5.41) is 3.54. The number of rotatable bonds is 6. The second kappa shape index (κ2) is 7.48. The van der Waals surface area contributed by atoms with Crippen LogP contribution < -0.4 is 11.1 Å². The second-order valence-electron chi connectivity index (χ2n) is 4.91. The van der Waals surface area contributed by atoms with Crippen LogP contribution in [-0.4, -0.2) is 37.0 Å². The van der Waals surface area contributed by atoms with Crippen LogP contribution in [0.15, 0.2) is 24.3 Å². The summed E-state index contributed by atoms with van der Waals surface area (Å²) >= 11 is 6.18. The largest absolute Gasteiger partial charge is 0.353 e. The lowest BCUT2D eigenvalue weighted by Crippen LogP contribution is -2.41. The SMILES string of the molecule is CC(C)NC(=O)CN(C)C(CN)c1ccccc1Cl. The standard InChI is InChI=1S/C14H22ClN3O/c1-10(2)17-14(19)9-18(3)13(8-16)11-6-4-5-7-12(11)15/h4-7,10,13H,8-9,16H2,1-3H3,(H,17,19).